The highest BCUT2D eigenvalue weighted by Gasteiger charge is 2.36. The second kappa shape index (κ2) is 17.1. The minimum Gasteiger partial charge on any atom is -0.445 e. The summed E-state index contributed by atoms with van der Waals surface area (Å²) in [6.07, 6.45) is -1.21. The van der Waals surface area contributed by atoms with Crippen molar-refractivity contribution in [2.24, 2.45) is 11.7 Å². The van der Waals surface area contributed by atoms with Crippen LogP contribution in [0, 0.1) is 12.8 Å². The van der Waals surface area contributed by atoms with Crippen molar-refractivity contribution in [1.29, 1.82) is 0 Å². The van der Waals surface area contributed by atoms with Gasteiger partial charge >= 0.3 is 6.09 Å². The Morgan fingerprint density at radius 2 is 1.59 bits per heavy atom. The van der Waals surface area contributed by atoms with E-state index in [9.17, 15) is 24.3 Å². The number of carbonyl (C=O) groups excluding carboxylic acids is 4. The van der Waals surface area contributed by atoms with Gasteiger partial charge in [0, 0.05) is 6.54 Å². The fourth-order valence-corrected chi connectivity index (χ4v) is 5.65. The Hall–Kier alpha value is -4.74. The largest absolute Gasteiger partial charge is 0.445 e. The summed E-state index contributed by atoms with van der Waals surface area (Å²) in [6.45, 7) is 2.98. The fourth-order valence-electron chi connectivity index (χ4n) is 5.65. The first kappa shape index (κ1) is 34.1. The van der Waals surface area contributed by atoms with Crippen LogP contribution in [0.3, 0.4) is 0 Å². The maximum atomic E-state index is 13.5. The number of nitrogens with one attached hydrogen (secondary N) is 4. The standard InChI is InChI=1S/C35H43N5O6/c1-23-10-8-9-15-27(23)21-38-34(44)32-26(16-17-37-32)19-30(41)28(18-24-11-4-2-5-12-24)39-33(43)29(20-31(36)42)40-35(45)46-22-25-13-6-3-7-14-25/h2-15,26,28-30,32,37,41H,16-22H2,1H3,(H2,36,42)(H,38,44)(H,39,43)(H,40,45)/t26?,28-,29-,30-,32+/m0/s1. The number of benzene rings is 3. The van der Waals surface area contributed by atoms with Crippen LogP contribution in [0.1, 0.15) is 41.5 Å². The molecule has 0 aromatic heterocycles. The molecule has 46 heavy (non-hydrogen) atoms. The van der Waals surface area contributed by atoms with Gasteiger partial charge in [0.15, 0.2) is 0 Å². The molecule has 1 aliphatic rings. The summed E-state index contributed by atoms with van der Waals surface area (Å²) in [5.41, 5.74) is 9.13. The summed E-state index contributed by atoms with van der Waals surface area (Å²) in [7, 11) is 0. The highest BCUT2D eigenvalue weighted by molar-refractivity contribution is 5.90. The molecule has 1 fully saturated rings. The van der Waals surface area contributed by atoms with Gasteiger partial charge in [-0.1, -0.05) is 84.9 Å². The zero-order chi connectivity index (χ0) is 32.9. The number of primary amides is 1. The van der Waals surface area contributed by atoms with Gasteiger partial charge in [-0.3, -0.25) is 14.4 Å². The molecule has 7 N–H and O–H groups in total. The first-order valence-corrected chi connectivity index (χ1v) is 15.5. The van der Waals surface area contributed by atoms with E-state index in [0.29, 0.717) is 19.5 Å². The van der Waals surface area contributed by atoms with Crippen molar-refractivity contribution < 1.29 is 29.0 Å². The summed E-state index contributed by atoms with van der Waals surface area (Å²) in [6, 6.07) is 23.6. The van der Waals surface area contributed by atoms with E-state index in [0.717, 1.165) is 22.3 Å². The molecule has 3 aromatic carbocycles. The van der Waals surface area contributed by atoms with Crippen molar-refractivity contribution in [3.8, 4) is 0 Å². The molecule has 244 valence electrons. The Morgan fingerprint density at radius 1 is 0.935 bits per heavy atom. The van der Waals surface area contributed by atoms with Gasteiger partial charge in [-0.25, -0.2) is 4.79 Å². The first-order valence-electron chi connectivity index (χ1n) is 15.5. The number of hydrogen-bond acceptors (Lipinski definition) is 7. The highest BCUT2D eigenvalue weighted by Crippen LogP contribution is 2.24. The van der Waals surface area contributed by atoms with Crippen LogP contribution in [-0.2, 0) is 38.7 Å². The van der Waals surface area contributed by atoms with Gasteiger partial charge in [0.05, 0.1) is 24.6 Å². The van der Waals surface area contributed by atoms with Gasteiger partial charge in [-0.2, -0.15) is 0 Å². The number of amides is 4. The monoisotopic (exact) mass is 629 g/mol. The van der Waals surface area contributed by atoms with Crippen molar-refractivity contribution in [3.63, 3.8) is 0 Å². The third kappa shape index (κ3) is 10.4. The van der Waals surface area contributed by atoms with Crippen molar-refractivity contribution in [2.45, 2.75) is 70.0 Å². The minimum atomic E-state index is -1.32. The molecular formula is C35H43N5O6. The van der Waals surface area contributed by atoms with Gasteiger partial charge < -0.3 is 36.8 Å². The molecular weight excluding hydrogens is 586 g/mol. The maximum Gasteiger partial charge on any atom is 0.408 e. The molecule has 0 aliphatic carbocycles. The molecule has 0 spiro atoms. The van der Waals surface area contributed by atoms with E-state index in [1.807, 2.05) is 67.6 Å². The first-order chi connectivity index (χ1) is 22.2. The van der Waals surface area contributed by atoms with Gasteiger partial charge in [-0.05, 0) is 60.9 Å². The Balaban J connectivity index is 1.41. The number of hydrogen-bond donors (Lipinski definition) is 6. The summed E-state index contributed by atoms with van der Waals surface area (Å²) >= 11 is 0. The smallest absolute Gasteiger partial charge is 0.408 e. The lowest BCUT2D eigenvalue weighted by Gasteiger charge is -2.29. The fraction of sp³-hybridized carbons (Fsp3) is 0.371. The summed E-state index contributed by atoms with van der Waals surface area (Å²) in [5, 5.41) is 23.0. The Morgan fingerprint density at radius 3 is 2.26 bits per heavy atom. The van der Waals surface area contributed by atoms with Crippen LogP contribution in [0.15, 0.2) is 84.9 Å². The van der Waals surface area contributed by atoms with Gasteiger partial charge in [0.25, 0.3) is 0 Å². The number of rotatable bonds is 15. The average molecular weight is 630 g/mol. The van der Waals surface area contributed by atoms with Gasteiger partial charge in [0.1, 0.15) is 12.6 Å². The molecule has 11 heteroatoms. The molecule has 1 heterocycles. The summed E-state index contributed by atoms with van der Waals surface area (Å²) < 4.78 is 5.24. The van der Waals surface area contributed by atoms with Crippen LogP contribution in [0.5, 0.6) is 0 Å². The van der Waals surface area contributed by atoms with Crippen molar-refractivity contribution >= 4 is 23.8 Å². The second-order valence-corrected chi connectivity index (χ2v) is 11.7. The van der Waals surface area contributed by atoms with Crippen molar-refractivity contribution in [3.05, 3.63) is 107 Å². The van der Waals surface area contributed by atoms with Crippen molar-refractivity contribution in [1.82, 2.24) is 21.3 Å². The lowest BCUT2D eigenvalue weighted by molar-refractivity contribution is -0.128. The van der Waals surface area contributed by atoms with E-state index < -0.39 is 48.6 Å². The zero-order valence-electron chi connectivity index (χ0n) is 26.0. The lowest BCUT2D eigenvalue weighted by Crippen LogP contribution is -2.54. The number of ether oxygens (including phenoxy) is 1. The number of aryl methyl sites for hydroxylation is 1. The molecule has 5 atom stereocenters. The summed E-state index contributed by atoms with van der Waals surface area (Å²) in [4.78, 5) is 51.0. The van der Waals surface area contributed by atoms with Crippen LogP contribution in [-0.4, -0.2) is 59.7 Å². The van der Waals surface area contributed by atoms with Gasteiger partial charge in [0.2, 0.25) is 17.7 Å². The number of aliphatic hydroxyl groups excluding tert-OH is 1. The third-order valence-corrected chi connectivity index (χ3v) is 8.21. The molecule has 0 saturated carbocycles. The quantitative estimate of drug-likeness (QED) is 0.150. The van der Waals surface area contributed by atoms with E-state index >= 15 is 0 Å². The highest BCUT2D eigenvalue weighted by atomic mass is 16.5. The molecule has 4 rings (SSSR count). The predicted octanol–water partition coefficient (Wildman–Crippen LogP) is 2.24. The van der Waals surface area contributed by atoms with Crippen molar-refractivity contribution in [2.75, 3.05) is 6.54 Å². The van der Waals surface area contributed by atoms with E-state index in [4.69, 9.17) is 10.5 Å². The lowest BCUT2D eigenvalue weighted by atomic mass is 9.88. The molecule has 0 bridgehead atoms. The normalized spacial score (nSPS) is 17.7. The Bertz CT molecular complexity index is 1450. The SMILES string of the molecule is Cc1ccccc1CNC(=O)[C@@H]1NCCC1C[C@H](O)[C@H](Cc1ccccc1)NC(=O)[C@H](CC(N)=O)NC(=O)OCc1ccccc1. The van der Waals surface area contributed by atoms with Gasteiger partial charge in [-0.15, -0.1) is 0 Å². The van der Waals surface area contributed by atoms with E-state index in [-0.39, 0.29) is 31.3 Å². The Labute approximate surface area is 269 Å². The molecule has 1 aliphatic heterocycles. The zero-order valence-corrected chi connectivity index (χ0v) is 26.0. The molecule has 4 amide bonds. The predicted molar refractivity (Wildman–Crippen MR) is 173 cm³/mol. The third-order valence-electron chi connectivity index (χ3n) is 8.21. The summed E-state index contributed by atoms with van der Waals surface area (Å²) in [5.74, 6) is -1.82. The van der Waals surface area contributed by atoms with Crippen LogP contribution >= 0.6 is 0 Å². The Kier molecular flexibility index (Phi) is 12.7. The number of alkyl carbamates (subject to hydrolysis) is 1. The maximum absolute atomic E-state index is 13.5. The average Bonchev–Trinajstić information content (AvgIpc) is 3.51. The van der Waals surface area contributed by atoms with Crippen LogP contribution < -0.4 is 27.0 Å². The molecule has 11 nitrogen and oxygen atoms in total. The number of aliphatic hydroxyl groups is 1. The molecule has 1 saturated heterocycles. The number of nitrogens with two attached hydrogens (primary N) is 1. The van der Waals surface area contributed by atoms with E-state index in [2.05, 4.69) is 21.3 Å². The number of carbonyl (C=O) groups is 4. The van der Waals surface area contributed by atoms with Crippen LogP contribution in [0.25, 0.3) is 0 Å². The van der Waals surface area contributed by atoms with Crippen LogP contribution in [0.4, 0.5) is 4.79 Å². The second-order valence-electron chi connectivity index (χ2n) is 11.7. The molecule has 1 unspecified atom stereocenters. The van der Waals surface area contributed by atoms with Crippen LogP contribution in [0.2, 0.25) is 0 Å². The topological polar surface area (TPSA) is 172 Å². The minimum absolute atomic E-state index is 0.0257. The molecule has 0 radical (unpaired) electrons. The molecule has 3 aromatic rings. The van der Waals surface area contributed by atoms with E-state index in [1.54, 1.807) is 24.3 Å². The van der Waals surface area contributed by atoms with E-state index in [1.165, 1.54) is 0 Å².